The molecular weight excluding hydrogens is 356 g/mol. The van der Waals surface area contributed by atoms with Crippen molar-refractivity contribution in [3.63, 3.8) is 0 Å². The van der Waals surface area contributed by atoms with Crippen LogP contribution in [0.3, 0.4) is 0 Å². The first-order valence-electron chi connectivity index (χ1n) is 12.7. The summed E-state index contributed by atoms with van der Waals surface area (Å²) < 4.78 is 0. The van der Waals surface area contributed by atoms with Gasteiger partial charge in [-0.15, -0.1) is 0 Å². The van der Waals surface area contributed by atoms with Gasteiger partial charge in [0, 0.05) is 0 Å². The molecule has 0 bridgehead atoms. The molecule has 8 atom stereocenters. The molecule has 4 rings (SSSR count). The lowest BCUT2D eigenvalue weighted by Gasteiger charge is -2.55. The van der Waals surface area contributed by atoms with Crippen LogP contribution in [0.1, 0.15) is 105 Å². The monoisotopic (exact) mass is 402 g/mol. The molecule has 2 nitrogen and oxygen atoms in total. The van der Waals surface area contributed by atoms with Crippen molar-refractivity contribution < 1.29 is 10.2 Å². The number of allylic oxidation sites excluding steroid dienone is 1. The molecule has 0 radical (unpaired) electrons. The molecule has 3 fully saturated rings. The fraction of sp³-hybridized carbons (Fsp3) is 0.926. The van der Waals surface area contributed by atoms with Gasteiger partial charge in [-0.2, -0.15) is 0 Å². The topological polar surface area (TPSA) is 40.5 Å². The number of aliphatic hydroxyl groups excluding tert-OH is 1. The van der Waals surface area contributed by atoms with Crippen LogP contribution in [0.5, 0.6) is 0 Å². The van der Waals surface area contributed by atoms with Crippen molar-refractivity contribution in [2.75, 3.05) is 0 Å². The molecule has 0 saturated heterocycles. The van der Waals surface area contributed by atoms with E-state index in [1.165, 1.54) is 51.4 Å². The predicted octanol–water partition coefficient (Wildman–Crippen LogP) is 6.50. The van der Waals surface area contributed by atoms with Crippen molar-refractivity contribution >= 4 is 0 Å². The molecule has 2 N–H and O–H groups in total. The van der Waals surface area contributed by atoms with E-state index < -0.39 is 5.60 Å². The second kappa shape index (κ2) is 7.66. The molecule has 0 aliphatic heterocycles. The van der Waals surface area contributed by atoms with Gasteiger partial charge in [-0.05, 0) is 125 Å². The number of aliphatic hydroxyl groups is 2. The Morgan fingerprint density at radius 1 is 1.07 bits per heavy atom. The van der Waals surface area contributed by atoms with E-state index in [0.29, 0.717) is 10.8 Å². The fourth-order valence-electron chi connectivity index (χ4n) is 8.67. The van der Waals surface area contributed by atoms with Gasteiger partial charge in [0.15, 0.2) is 0 Å². The molecule has 29 heavy (non-hydrogen) atoms. The minimum Gasteiger partial charge on any atom is -0.390 e. The van der Waals surface area contributed by atoms with Crippen LogP contribution in [-0.2, 0) is 0 Å². The summed E-state index contributed by atoms with van der Waals surface area (Å²) in [7, 11) is 0. The molecule has 4 aliphatic carbocycles. The quantitative estimate of drug-likeness (QED) is 0.527. The minimum atomic E-state index is -0.533. The maximum Gasteiger partial charge on any atom is 0.0724 e. The van der Waals surface area contributed by atoms with E-state index in [1.807, 2.05) is 13.8 Å². The molecule has 2 heteroatoms. The lowest BCUT2D eigenvalue weighted by atomic mass is 9.50. The van der Waals surface area contributed by atoms with E-state index in [1.54, 1.807) is 5.57 Å². The van der Waals surface area contributed by atoms with Gasteiger partial charge in [-0.1, -0.05) is 32.4 Å². The van der Waals surface area contributed by atoms with E-state index >= 15 is 0 Å². The van der Waals surface area contributed by atoms with E-state index in [2.05, 4.69) is 26.8 Å². The van der Waals surface area contributed by atoms with E-state index in [4.69, 9.17) is 0 Å². The van der Waals surface area contributed by atoms with Gasteiger partial charge in [0.25, 0.3) is 0 Å². The smallest absolute Gasteiger partial charge is 0.0724 e. The Morgan fingerprint density at radius 3 is 2.55 bits per heavy atom. The van der Waals surface area contributed by atoms with E-state index in [9.17, 15) is 10.2 Å². The van der Waals surface area contributed by atoms with Crippen LogP contribution >= 0.6 is 0 Å². The zero-order valence-corrected chi connectivity index (χ0v) is 19.7. The van der Waals surface area contributed by atoms with Crippen LogP contribution in [0.15, 0.2) is 11.6 Å². The van der Waals surface area contributed by atoms with Crippen molar-refractivity contribution in [1.29, 1.82) is 0 Å². The summed E-state index contributed by atoms with van der Waals surface area (Å²) in [5, 5.41) is 20.5. The Labute approximate surface area is 179 Å². The molecule has 3 saturated carbocycles. The lowest BCUT2D eigenvalue weighted by molar-refractivity contribution is -0.0454. The molecule has 4 aliphatic rings. The standard InChI is InChI=1S/C27H46O2/c1-18(11-14-25(2,3)29)22-9-10-23-21-8-6-7-19-17-20(28)12-15-26(19,4)24(21)13-16-27(22,23)5/h17-18,20-24,28-29H,6-16H2,1-5H3/t18-,20+,21-,22-,23+,24+,26+,27-/m1/s1. The highest BCUT2D eigenvalue weighted by Gasteiger charge is 2.58. The Bertz CT molecular complexity index is 631. The maximum absolute atomic E-state index is 10.3. The predicted molar refractivity (Wildman–Crippen MR) is 121 cm³/mol. The molecule has 0 aromatic carbocycles. The third-order valence-corrected chi connectivity index (χ3v) is 10.3. The first kappa shape index (κ1) is 21.9. The third kappa shape index (κ3) is 3.86. The highest BCUT2D eigenvalue weighted by atomic mass is 16.3. The number of fused-ring (bicyclic) bond motifs is 5. The molecule has 0 unspecified atom stereocenters. The third-order valence-electron chi connectivity index (χ3n) is 10.3. The van der Waals surface area contributed by atoms with E-state index in [-0.39, 0.29) is 6.10 Å². The first-order chi connectivity index (χ1) is 13.5. The van der Waals surface area contributed by atoms with Gasteiger partial charge >= 0.3 is 0 Å². The number of rotatable bonds is 4. The SMILES string of the molecule is C[C@H](CCC(C)(C)O)[C@H]1CC[C@H]2[C@H]3CCCC4=C[C@@H](O)CC[C@]4(C)[C@H]3CC[C@]12C. The molecule has 0 heterocycles. The summed E-state index contributed by atoms with van der Waals surface area (Å²) in [6.45, 7) is 11.6. The first-order valence-corrected chi connectivity index (χ1v) is 12.7. The van der Waals surface area contributed by atoms with Gasteiger partial charge in [0.1, 0.15) is 0 Å². The van der Waals surface area contributed by atoms with Crippen LogP contribution in [-0.4, -0.2) is 21.9 Å². The van der Waals surface area contributed by atoms with Crippen LogP contribution in [0.4, 0.5) is 0 Å². The van der Waals surface area contributed by atoms with Crippen molar-refractivity contribution in [2.45, 2.75) is 117 Å². The average Bonchev–Trinajstić information content (AvgIpc) is 2.92. The summed E-state index contributed by atoms with van der Waals surface area (Å²) in [6, 6.07) is 0. The van der Waals surface area contributed by atoms with Gasteiger partial charge in [-0.3, -0.25) is 0 Å². The maximum atomic E-state index is 10.3. The minimum absolute atomic E-state index is 0.198. The highest BCUT2D eigenvalue weighted by Crippen LogP contribution is 2.66. The van der Waals surface area contributed by atoms with Crippen molar-refractivity contribution in [3.05, 3.63) is 11.6 Å². The number of hydrogen-bond acceptors (Lipinski definition) is 2. The summed E-state index contributed by atoms with van der Waals surface area (Å²) in [6.07, 6.45) is 15.8. The lowest BCUT2D eigenvalue weighted by Crippen LogP contribution is -2.48. The zero-order valence-electron chi connectivity index (χ0n) is 19.7. The second-order valence-corrected chi connectivity index (χ2v) is 12.5. The summed E-state index contributed by atoms with van der Waals surface area (Å²) >= 11 is 0. The summed E-state index contributed by atoms with van der Waals surface area (Å²) in [4.78, 5) is 0. The fourth-order valence-corrected chi connectivity index (χ4v) is 8.67. The Hall–Kier alpha value is -0.340. The van der Waals surface area contributed by atoms with Crippen molar-refractivity contribution in [1.82, 2.24) is 0 Å². The zero-order chi connectivity index (χ0) is 21.0. The number of hydrogen-bond donors (Lipinski definition) is 2. The van der Waals surface area contributed by atoms with Crippen molar-refractivity contribution in [2.24, 2.45) is 40.4 Å². The van der Waals surface area contributed by atoms with E-state index in [0.717, 1.165) is 48.9 Å². The largest absolute Gasteiger partial charge is 0.390 e. The van der Waals surface area contributed by atoms with Crippen LogP contribution in [0.2, 0.25) is 0 Å². The Morgan fingerprint density at radius 2 is 1.83 bits per heavy atom. The second-order valence-electron chi connectivity index (χ2n) is 12.5. The Balaban J connectivity index is 1.55. The van der Waals surface area contributed by atoms with Gasteiger partial charge in [0.2, 0.25) is 0 Å². The molecule has 0 spiro atoms. The normalized spacial score (nSPS) is 46.2. The van der Waals surface area contributed by atoms with Crippen LogP contribution < -0.4 is 0 Å². The molecule has 0 aromatic rings. The van der Waals surface area contributed by atoms with Gasteiger partial charge < -0.3 is 10.2 Å². The molecule has 166 valence electrons. The summed E-state index contributed by atoms with van der Waals surface area (Å²) in [5.41, 5.74) is 1.90. The molecule has 0 amide bonds. The van der Waals surface area contributed by atoms with Crippen LogP contribution in [0, 0.1) is 40.4 Å². The Kier molecular flexibility index (Phi) is 5.78. The molecule has 0 aromatic heterocycles. The van der Waals surface area contributed by atoms with Crippen molar-refractivity contribution in [3.8, 4) is 0 Å². The highest BCUT2D eigenvalue weighted by molar-refractivity contribution is 5.24. The average molecular weight is 403 g/mol. The van der Waals surface area contributed by atoms with Gasteiger partial charge in [0.05, 0.1) is 11.7 Å². The van der Waals surface area contributed by atoms with Crippen LogP contribution in [0.25, 0.3) is 0 Å². The summed E-state index contributed by atoms with van der Waals surface area (Å²) in [5.74, 6) is 4.14. The van der Waals surface area contributed by atoms with Gasteiger partial charge in [-0.25, -0.2) is 0 Å². The molecular formula is C27H46O2.